The molecule has 2 aliphatic rings. The SMILES string of the molecule is O=C1CCC(N2C(=O)c3ccc(C#CCNS(=O)(=O)c4ccoc4)cc3C2=O)C(=O)N1. The molecule has 0 bridgehead atoms. The summed E-state index contributed by atoms with van der Waals surface area (Å²) >= 11 is 0. The van der Waals surface area contributed by atoms with Gasteiger partial charge in [0.05, 0.1) is 23.9 Å². The zero-order valence-electron chi connectivity index (χ0n) is 15.9. The fraction of sp³-hybridized carbons (Fsp3) is 0.200. The van der Waals surface area contributed by atoms with E-state index in [-0.39, 0.29) is 35.4 Å². The molecule has 1 atom stereocenters. The van der Waals surface area contributed by atoms with Crippen LogP contribution in [0.15, 0.2) is 46.1 Å². The van der Waals surface area contributed by atoms with Crippen LogP contribution in [0.2, 0.25) is 0 Å². The number of imide groups is 2. The Hall–Kier alpha value is -3.75. The summed E-state index contributed by atoms with van der Waals surface area (Å²) in [6, 6.07) is 4.62. The van der Waals surface area contributed by atoms with E-state index in [9.17, 15) is 27.6 Å². The Kier molecular flexibility index (Phi) is 5.18. The number of benzene rings is 1. The van der Waals surface area contributed by atoms with Gasteiger partial charge in [0.15, 0.2) is 0 Å². The molecule has 31 heavy (non-hydrogen) atoms. The number of hydrogen-bond donors (Lipinski definition) is 2. The second kappa shape index (κ2) is 7.82. The zero-order valence-corrected chi connectivity index (χ0v) is 16.7. The minimum Gasteiger partial charge on any atom is -0.471 e. The molecule has 10 nitrogen and oxygen atoms in total. The molecule has 2 aliphatic heterocycles. The van der Waals surface area contributed by atoms with Crippen LogP contribution in [0.4, 0.5) is 0 Å². The molecule has 1 saturated heterocycles. The van der Waals surface area contributed by atoms with Crippen molar-refractivity contribution in [3.63, 3.8) is 0 Å². The van der Waals surface area contributed by atoms with Crippen LogP contribution in [0.1, 0.15) is 39.1 Å². The van der Waals surface area contributed by atoms with Gasteiger partial charge in [-0.1, -0.05) is 11.8 Å². The molecule has 0 spiro atoms. The molecule has 4 rings (SSSR count). The number of fused-ring (bicyclic) bond motifs is 1. The third-order valence-corrected chi connectivity index (χ3v) is 6.21. The first kappa shape index (κ1) is 20.5. The lowest BCUT2D eigenvalue weighted by atomic mass is 10.0. The third-order valence-electron chi connectivity index (χ3n) is 4.83. The molecule has 2 aromatic rings. The number of amides is 4. The Balaban J connectivity index is 1.49. The molecule has 1 aromatic heterocycles. The van der Waals surface area contributed by atoms with Gasteiger partial charge in [-0.2, -0.15) is 4.72 Å². The summed E-state index contributed by atoms with van der Waals surface area (Å²) in [5.74, 6) is 2.99. The highest BCUT2D eigenvalue weighted by Gasteiger charge is 2.44. The van der Waals surface area contributed by atoms with Gasteiger partial charge in [-0.05, 0) is 30.7 Å². The lowest BCUT2D eigenvalue weighted by Crippen LogP contribution is -2.54. The van der Waals surface area contributed by atoms with E-state index < -0.39 is 39.7 Å². The minimum absolute atomic E-state index is 0.0236. The van der Waals surface area contributed by atoms with Crippen LogP contribution in [0, 0.1) is 11.8 Å². The van der Waals surface area contributed by atoms with Crippen LogP contribution in [0.3, 0.4) is 0 Å². The van der Waals surface area contributed by atoms with Gasteiger partial charge in [0.1, 0.15) is 17.2 Å². The van der Waals surface area contributed by atoms with E-state index in [4.69, 9.17) is 4.42 Å². The van der Waals surface area contributed by atoms with Gasteiger partial charge < -0.3 is 4.42 Å². The number of sulfonamides is 1. The maximum atomic E-state index is 12.8. The Morgan fingerprint density at radius 2 is 1.90 bits per heavy atom. The summed E-state index contributed by atoms with van der Waals surface area (Å²) in [5.41, 5.74) is 0.633. The molecule has 1 aromatic carbocycles. The first-order valence-corrected chi connectivity index (χ1v) is 10.6. The largest absolute Gasteiger partial charge is 0.471 e. The number of carbonyl (C=O) groups is 4. The van der Waals surface area contributed by atoms with Gasteiger partial charge in [0.25, 0.3) is 11.8 Å². The van der Waals surface area contributed by atoms with Gasteiger partial charge in [-0.25, -0.2) is 8.42 Å². The van der Waals surface area contributed by atoms with E-state index in [1.807, 2.05) is 0 Å². The first-order chi connectivity index (χ1) is 14.8. The average Bonchev–Trinajstić information content (AvgIpc) is 3.35. The Labute approximate surface area is 176 Å². The molecule has 0 saturated carbocycles. The van der Waals surface area contributed by atoms with E-state index in [0.29, 0.717) is 5.56 Å². The van der Waals surface area contributed by atoms with Crippen molar-refractivity contribution in [3.05, 3.63) is 53.5 Å². The normalized spacial score (nSPS) is 18.5. The zero-order chi connectivity index (χ0) is 22.2. The van der Waals surface area contributed by atoms with Crippen LogP contribution >= 0.6 is 0 Å². The number of nitrogens with zero attached hydrogens (tertiary/aromatic N) is 1. The van der Waals surface area contributed by atoms with Crippen LogP contribution < -0.4 is 10.0 Å². The smallest absolute Gasteiger partial charge is 0.262 e. The van der Waals surface area contributed by atoms with Crippen molar-refractivity contribution in [2.75, 3.05) is 6.54 Å². The van der Waals surface area contributed by atoms with Crippen molar-refractivity contribution in [1.82, 2.24) is 14.9 Å². The molecule has 11 heteroatoms. The molecule has 2 N–H and O–H groups in total. The lowest BCUT2D eigenvalue weighted by Gasteiger charge is -2.27. The molecule has 158 valence electrons. The van der Waals surface area contributed by atoms with Crippen LogP contribution in [0.25, 0.3) is 0 Å². The van der Waals surface area contributed by atoms with E-state index in [1.54, 1.807) is 0 Å². The molecular formula is C20H15N3O7S. The predicted molar refractivity (Wildman–Crippen MR) is 104 cm³/mol. The van der Waals surface area contributed by atoms with Crippen molar-refractivity contribution < 1.29 is 32.0 Å². The first-order valence-electron chi connectivity index (χ1n) is 9.14. The predicted octanol–water partition coefficient (Wildman–Crippen LogP) is 0.0108. The van der Waals surface area contributed by atoms with E-state index >= 15 is 0 Å². The van der Waals surface area contributed by atoms with Crippen molar-refractivity contribution in [2.24, 2.45) is 0 Å². The average molecular weight is 441 g/mol. The minimum atomic E-state index is -3.74. The van der Waals surface area contributed by atoms with Gasteiger partial charge in [-0.3, -0.25) is 29.4 Å². The second-order valence-corrected chi connectivity index (χ2v) is 8.56. The van der Waals surface area contributed by atoms with E-state index in [1.165, 1.54) is 30.5 Å². The van der Waals surface area contributed by atoms with Gasteiger partial charge in [0.2, 0.25) is 21.8 Å². The van der Waals surface area contributed by atoms with Crippen molar-refractivity contribution in [1.29, 1.82) is 0 Å². The highest BCUT2D eigenvalue weighted by Crippen LogP contribution is 2.28. The van der Waals surface area contributed by atoms with Crippen LogP contribution in [0.5, 0.6) is 0 Å². The molecule has 0 aliphatic carbocycles. The van der Waals surface area contributed by atoms with Gasteiger partial charge >= 0.3 is 0 Å². The number of rotatable bonds is 4. The highest BCUT2D eigenvalue weighted by atomic mass is 32.2. The standard InChI is InChI=1S/C20H15N3O7S/c24-17-6-5-16(18(25)22-17)23-19(26)14-4-3-12(10-15(14)20(23)27)2-1-8-21-31(28,29)13-7-9-30-11-13/h3-4,7,9-11,16,21H,5-6,8H2,(H,22,24,25). The molecular weight excluding hydrogens is 426 g/mol. The second-order valence-electron chi connectivity index (χ2n) is 6.79. The summed E-state index contributed by atoms with van der Waals surface area (Å²) in [6.07, 6.45) is 2.43. The van der Waals surface area contributed by atoms with Crippen LogP contribution in [-0.2, 0) is 19.6 Å². The number of hydrogen-bond acceptors (Lipinski definition) is 7. The summed E-state index contributed by atoms with van der Waals surface area (Å²) in [5, 5.41) is 2.13. The Morgan fingerprint density at radius 1 is 1.13 bits per heavy atom. The van der Waals surface area contributed by atoms with Crippen LogP contribution in [-0.4, -0.2) is 49.5 Å². The maximum absolute atomic E-state index is 12.8. The number of piperidine rings is 1. The maximum Gasteiger partial charge on any atom is 0.262 e. The van der Waals surface area contributed by atoms with E-state index in [0.717, 1.165) is 11.2 Å². The van der Waals surface area contributed by atoms with Crippen molar-refractivity contribution >= 4 is 33.7 Å². The van der Waals surface area contributed by atoms with E-state index in [2.05, 4.69) is 21.9 Å². The number of carbonyl (C=O) groups excluding carboxylic acids is 4. The molecule has 1 fully saturated rings. The highest BCUT2D eigenvalue weighted by molar-refractivity contribution is 7.89. The summed E-state index contributed by atoms with van der Waals surface area (Å²) in [4.78, 5) is 49.7. The fourth-order valence-corrected chi connectivity index (χ4v) is 4.16. The summed E-state index contributed by atoms with van der Waals surface area (Å²) < 4.78 is 31.0. The van der Waals surface area contributed by atoms with Crippen molar-refractivity contribution in [3.8, 4) is 11.8 Å². The molecule has 4 amide bonds. The number of nitrogens with one attached hydrogen (secondary N) is 2. The third kappa shape index (κ3) is 3.86. The Bertz CT molecular complexity index is 1270. The quantitative estimate of drug-likeness (QED) is 0.503. The Morgan fingerprint density at radius 3 is 2.61 bits per heavy atom. The lowest BCUT2D eigenvalue weighted by molar-refractivity contribution is -0.136. The monoisotopic (exact) mass is 441 g/mol. The fourth-order valence-electron chi connectivity index (χ4n) is 3.31. The molecule has 1 unspecified atom stereocenters. The van der Waals surface area contributed by atoms with Gasteiger partial charge in [-0.15, -0.1) is 0 Å². The summed E-state index contributed by atoms with van der Waals surface area (Å²) in [6.45, 7) is -0.181. The van der Waals surface area contributed by atoms with Gasteiger partial charge in [0, 0.05) is 12.0 Å². The van der Waals surface area contributed by atoms with Crippen molar-refractivity contribution in [2.45, 2.75) is 23.8 Å². The number of furan rings is 1. The molecule has 0 radical (unpaired) electrons. The summed E-state index contributed by atoms with van der Waals surface area (Å²) in [7, 11) is -3.74. The molecule has 3 heterocycles. The topological polar surface area (TPSA) is 143 Å².